The molecule has 2 aromatic heterocycles. The summed E-state index contributed by atoms with van der Waals surface area (Å²) >= 11 is 0. The molecular formula is C57H86BrN4+. The van der Waals surface area contributed by atoms with Gasteiger partial charge in [-0.05, 0) is 85.0 Å². The second-order valence-corrected chi connectivity index (χ2v) is 17.6. The lowest BCUT2D eigenvalue weighted by Gasteiger charge is -2.25. The summed E-state index contributed by atoms with van der Waals surface area (Å²) in [4.78, 5) is 5.23. The molecule has 2 heterocycles. The van der Waals surface area contributed by atoms with E-state index in [1.807, 2.05) is 0 Å². The predicted molar refractivity (Wildman–Crippen MR) is 268 cm³/mol. The first kappa shape index (κ1) is 52.6. The number of nitrogens with zero attached hydrogens (tertiary/aromatic N) is 4. The minimum Gasteiger partial charge on any atom is -1.00 e. The number of unbranched alkanes of at least 4 members (excludes halogenated alkanes) is 16. The normalized spacial score (nSPS) is 11.4. The second-order valence-electron chi connectivity index (χ2n) is 17.6. The van der Waals surface area contributed by atoms with Gasteiger partial charge in [-0.2, -0.15) is 0 Å². The van der Waals surface area contributed by atoms with E-state index in [0.717, 1.165) is 13.1 Å². The van der Waals surface area contributed by atoms with Crippen LogP contribution in [0.15, 0.2) is 97.6 Å². The summed E-state index contributed by atoms with van der Waals surface area (Å²) < 4.78 is 4.67. The minimum atomic E-state index is 0. The smallest absolute Gasteiger partial charge is 0.169 e. The van der Waals surface area contributed by atoms with E-state index < -0.39 is 0 Å². The molecule has 0 aliphatic heterocycles. The number of benzene rings is 2. The van der Waals surface area contributed by atoms with Crippen LogP contribution in [-0.2, 0) is 13.1 Å². The molecule has 340 valence electrons. The van der Waals surface area contributed by atoms with Crippen LogP contribution in [0.1, 0.15) is 185 Å². The maximum Gasteiger partial charge on any atom is 0.169 e. The molecular weight excluding hydrogens is 821 g/mol. The van der Waals surface area contributed by atoms with Crippen molar-refractivity contribution in [2.45, 2.75) is 176 Å². The van der Waals surface area contributed by atoms with Gasteiger partial charge in [0.1, 0.15) is 13.1 Å². The van der Waals surface area contributed by atoms with E-state index in [2.05, 4.69) is 169 Å². The third-order valence-corrected chi connectivity index (χ3v) is 12.2. The Bertz CT molecular complexity index is 1560. The van der Waals surface area contributed by atoms with E-state index in [-0.39, 0.29) is 17.0 Å². The average Bonchev–Trinajstić information content (AvgIpc) is 3.30. The van der Waals surface area contributed by atoms with Crippen molar-refractivity contribution in [3.05, 3.63) is 120 Å². The quantitative estimate of drug-likeness (QED) is 0.0342. The summed E-state index contributed by atoms with van der Waals surface area (Å²) in [5.41, 5.74) is 7.78. The lowest BCUT2D eigenvalue weighted by Crippen LogP contribution is -3.00. The molecule has 2 aromatic carbocycles. The van der Waals surface area contributed by atoms with Crippen LogP contribution in [0.25, 0.3) is 24.3 Å². The largest absolute Gasteiger partial charge is 1.00 e. The Hall–Kier alpha value is -3.70. The Morgan fingerprint density at radius 3 is 0.871 bits per heavy atom. The van der Waals surface area contributed by atoms with E-state index in [4.69, 9.17) is 0 Å². The third-order valence-electron chi connectivity index (χ3n) is 12.2. The monoisotopic (exact) mass is 906 g/mol. The van der Waals surface area contributed by atoms with Gasteiger partial charge >= 0.3 is 0 Å². The fourth-order valence-electron chi connectivity index (χ4n) is 8.21. The first-order chi connectivity index (χ1) is 30.1. The van der Waals surface area contributed by atoms with E-state index in [9.17, 15) is 0 Å². The zero-order chi connectivity index (χ0) is 43.0. The molecule has 62 heavy (non-hydrogen) atoms. The van der Waals surface area contributed by atoms with Crippen molar-refractivity contribution in [1.29, 1.82) is 0 Å². The van der Waals surface area contributed by atoms with Gasteiger partial charge in [-0.25, -0.2) is 9.13 Å². The van der Waals surface area contributed by atoms with Crippen molar-refractivity contribution in [1.82, 2.24) is 0 Å². The number of hydrogen-bond donors (Lipinski definition) is 0. The predicted octanol–water partition coefficient (Wildman–Crippen LogP) is 12.2. The Morgan fingerprint density at radius 2 is 0.581 bits per heavy atom. The number of rotatable bonds is 34. The molecule has 0 amide bonds. The molecule has 0 atom stereocenters. The highest BCUT2D eigenvalue weighted by Crippen LogP contribution is 2.21. The number of pyridine rings is 2. The lowest BCUT2D eigenvalue weighted by molar-refractivity contribution is -0.697. The maximum atomic E-state index is 2.62. The molecule has 0 aliphatic carbocycles. The SMILES string of the molecule is CCCCCCN(CCCCCC)c1ccc(/C=C/c2cc[n+](CCCCCCC[n+]3ccc(/C=C/c4ccc(N(CCCCCC)CCCCCC)cc4)cc3)cc2)cc1.[Br-]. The number of aryl methyl sites for hydroxylation is 2. The molecule has 0 radical (unpaired) electrons. The molecule has 4 aromatic rings. The summed E-state index contributed by atoms with van der Waals surface area (Å²) in [7, 11) is 0. The topological polar surface area (TPSA) is 14.2 Å². The van der Waals surface area contributed by atoms with Crippen molar-refractivity contribution < 1.29 is 26.1 Å². The minimum absolute atomic E-state index is 0. The van der Waals surface area contributed by atoms with E-state index in [1.54, 1.807) is 0 Å². The fourth-order valence-corrected chi connectivity index (χ4v) is 8.21. The number of aromatic nitrogens is 2. The molecule has 0 saturated heterocycles. The molecule has 0 spiro atoms. The Labute approximate surface area is 391 Å². The van der Waals surface area contributed by atoms with Crippen molar-refractivity contribution in [2.24, 2.45) is 0 Å². The Morgan fingerprint density at radius 1 is 0.323 bits per heavy atom. The molecule has 4 rings (SSSR count). The first-order valence-electron chi connectivity index (χ1n) is 25.2. The fraction of sp³-hybridized carbons (Fsp3) is 0.544. The first-order valence-corrected chi connectivity index (χ1v) is 25.2. The molecule has 0 saturated carbocycles. The van der Waals surface area contributed by atoms with Crippen molar-refractivity contribution in [2.75, 3.05) is 36.0 Å². The highest BCUT2D eigenvalue weighted by Gasteiger charge is 2.09. The van der Waals surface area contributed by atoms with E-state index in [1.165, 1.54) is 195 Å². The zero-order valence-corrected chi connectivity index (χ0v) is 41.4. The highest BCUT2D eigenvalue weighted by molar-refractivity contribution is 5.71. The van der Waals surface area contributed by atoms with Gasteiger partial charge in [-0.1, -0.05) is 160 Å². The van der Waals surface area contributed by atoms with Crippen LogP contribution in [0.2, 0.25) is 0 Å². The molecule has 0 aliphatic rings. The number of hydrogen-bond acceptors (Lipinski definition) is 2. The molecule has 0 bridgehead atoms. The van der Waals surface area contributed by atoms with Gasteiger partial charge in [-0.15, -0.1) is 0 Å². The van der Waals surface area contributed by atoms with Gasteiger partial charge in [0.25, 0.3) is 0 Å². The summed E-state index contributed by atoms with van der Waals surface area (Å²) in [5.74, 6) is 0. The van der Waals surface area contributed by atoms with Gasteiger partial charge in [0.2, 0.25) is 0 Å². The van der Waals surface area contributed by atoms with Gasteiger partial charge in [-0.3, -0.25) is 0 Å². The highest BCUT2D eigenvalue weighted by atomic mass is 79.9. The Kier molecular flexibility index (Phi) is 28.7. The number of halogens is 1. The second kappa shape index (κ2) is 33.8. The van der Waals surface area contributed by atoms with Crippen LogP contribution in [0, 0.1) is 0 Å². The van der Waals surface area contributed by atoms with Gasteiger partial charge in [0.15, 0.2) is 24.8 Å². The van der Waals surface area contributed by atoms with Gasteiger partial charge in [0.05, 0.1) is 0 Å². The molecule has 4 nitrogen and oxygen atoms in total. The summed E-state index contributed by atoms with van der Waals surface area (Å²) in [6, 6.07) is 27.4. The van der Waals surface area contributed by atoms with E-state index >= 15 is 0 Å². The van der Waals surface area contributed by atoms with Crippen molar-refractivity contribution >= 4 is 35.7 Å². The molecule has 5 heteroatoms. The zero-order valence-electron chi connectivity index (χ0n) is 39.8. The van der Waals surface area contributed by atoms with Crippen LogP contribution in [-0.4, -0.2) is 26.2 Å². The summed E-state index contributed by atoms with van der Waals surface area (Å²) in [6.07, 6.45) is 45.3. The van der Waals surface area contributed by atoms with Crippen LogP contribution in [0.3, 0.4) is 0 Å². The van der Waals surface area contributed by atoms with Crippen LogP contribution in [0.4, 0.5) is 11.4 Å². The summed E-state index contributed by atoms with van der Waals surface area (Å²) in [5, 5.41) is 0. The maximum absolute atomic E-state index is 2.62. The standard InChI is InChI=1S/C57H86N4.BrH/c1-5-9-13-22-44-60(45-23-14-10-6-2)56-34-30-52(31-35-56)26-28-54-38-48-58(49-39-54)42-20-18-17-19-21-43-59-50-40-55(41-51-59)29-27-53-32-36-57(37-33-53)61(46-24-15-11-7-3)47-25-16-12-8-4;/h26-41,48-51H,5-25,42-47H2,1-4H3;1H/q+2;/p-1. The molecule has 0 N–H and O–H groups in total. The third kappa shape index (κ3) is 22.1. The van der Waals surface area contributed by atoms with Crippen LogP contribution in [0.5, 0.6) is 0 Å². The van der Waals surface area contributed by atoms with Crippen molar-refractivity contribution in [3.8, 4) is 0 Å². The lowest BCUT2D eigenvalue weighted by atomic mass is 10.1. The van der Waals surface area contributed by atoms with Gasteiger partial charge < -0.3 is 26.8 Å². The van der Waals surface area contributed by atoms with Crippen LogP contribution < -0.4 is 35.9 Å². The molecule has 0 fully saturated rings. The van der Waals surface area contributed by atoms with Gasteiger partial charge in [0, 0.05) is 74.7 Å². The van der Waals surface area contributed by atoms with E-state index in [0.29, 0.717) is 0 Å². The summed E-state index contributed by atoms with van der Waals surface area (Å²) in [6.45, 7) is 16.0. The van der Waals surface area contributed by atoms with Crippen LogP contribution >= 0.6 is 0 Å². The number of anilines is 2. The molecule has 0 unspecified atom stereocenters. The average molecular weight is 907 g/mol. The Balaban J connectivity index is 0.0000102. The van der Waals surface area contributed by atoms with Crippen molar-refractivity contribution in [3.63, 3.8) is 0 Å².